The highest BCUT2D eigenvalue weighted by atomic mass is 19.1. The Morgan fingerprint density at radius 1 is 1.40 bits per heavy atom. The molecule has 0 aliphatic rings. The second-order valence-electron chi connectivity index (χ2n) is 1.75. The van der Waals surface area contributed by atoms with Crippen molar-refractivity contribution < 1.29 is 4.39 Å². The molecule has 4 nitrogen and oxygen atoms in total. The molecule has 0 atom stereocenters. The molecule has 0 unspecified atom stereocenters. The molecule has 2 aromatic heterocycles. The van der Waals surface area contributed by atoms with Gasteiger partial charge in [0.2, 0.25) is 5.65 Å². The average molecular weight is 138 g/mol. The molecule has 0 aromatic carbocycles. The van der Waals surface area contributed by atoms with E-state index in [2.05, 4.69) is 15.1 Å². The zero-order chi connectivity index (χ0) is 6.97. The smallest absolute Gasteiger partial charge is 0.223 e. The predicted octanol–water partition coefficient (Wildman–Crippen LogP) is 0.263. The minimum absolute atomic E-state index is 0.155. The van der Waals surface area contributed by atoms with Crippen LogP contribution in [0.1, 0.15) is 0 Å². The van der Waals surface area contributed by atoms with Crippen LogP contribution in [0.2, 0.25) is 0 Å². The molecule has 0 radical (unpaired) electrons. The zero-order valence-electron chi connectivity index (χ0n) is 4.90. The number of rotatable bonds is 0. The summed E-state index contributed by atoms with van der Waals surface area (Å²) in [6.45, 7) is 0. The largest absolute Gasteiger partial charge is 0.258 e. The van der Waals surface area contributed by atoms with Crippen molar-refractivity contribution in [1.29, 1.82) is 0 Å². The molecule has 2 aromatic rings. The van der Waals surface area contributed by atoms with Gasteiger partial charge in [0.05, 0.1) is 0 Å². The standard InChI is InChI=1S/C5H3FN4/c6-4-5-8-3-9-10(5)2-1-7-4/h1-3H. The average Bonchev–Trinajstić information content (AvgIpc) is 2.36. The quantitative estimate of drug-likeness (QED) is 0.524. The highest BCUT2D eigenvalue weighted by Crippen LogP contribution is 1.98. The van der Waals surface area contributed by atoms with Crippen molar-refractivity contribution >= 4 is 5.65 Å². The number of halogens is 1. The molecule has 2 rings (SSSR count). The Morgan fingerprint density at radius 3 is 3.10 bits per heavy atom. The van der Waals surface area contributed by atoms with Gasteiger partial charge in [0, 0.05) is 12.4 Å². The summed E-state index contributed by atoms with van der Waals surface area (Å²) in [6, 6.07) is 0. The number of aromatic nitrogens is 4. The second-order valence-corrected chi connectivity index (χ2v) is 1.75. The van der Waals surface area contributed by atoms with Crippen LogP contribution in [-0.2, 0) is 0 Å². The lowest BCUT2D eigenvalue weighted by molar-refractivity contribution is 0.583. The Hall–Kier alpha value is -1.52. The summed E-state index contributed by atoms with van der Waals surface area (Å²) in [5.74, 6) is -0.597. The maximum Gasteiger partial charge on any atom is 0.258 e. The molecule has 0 spiro atoms. The first-order valence-corrected chi connectivity index (χ1v) is 2.68. The summed E-state index contributed by atoms with van der Waals surface area (Å²) in [5.41, 5.74) is 0.155. The molecular weight excluding hydrogens is 135 g/mol. The van der Waals surface area contributed by atoms with Crippen LogP contribution in [0.4, 0.5) is 4.39 Å². The molecule has 0 saturated carbocycles. The lowest BCUT2D eigenvalue weighted by atomic mass is 10.7. The molecule has 2 heterocycles. The van der Waals surface area contributed by atoms with Crippen LogP contribution in [0, 0.1) is 5.95 Å². The third kappa shape index (κ3) is 0.570. The van der Waals surface area contributed by atoms with E-state index in [1.165, 1.54) is 23.2 Å². The highest BCUT2D eigenvalue weighted by Gasteiger charge is 2.00. The Kier molecular flexibility index (Phi) is 0.913. The van der Waals surface area contributed by atoms with Crippen LogP contribution in [-0.4, -0.2) is 19.6 Å². The monoisotopic (exact) mass is 138 g/mol. The number of fused-ring (bicyclic) bond motifs is 1. The van der Waals surface area contributed by atoms with Gasteiger partial charge in [-0.2, -0.15) is 9.49 Å². The van der Waals surface area contributed by atoms with Crippen molar-refractivity contribution in [2.75, 3.05) is 0 Å². The van der Waals surface area contributed by atoms with Crippen LogP contribution < -0.4 is 0 Å². The number of nitrogens with zero attached hydrogens (tertiary/aromatic N) is 4. The molecule has 0 aliphatic carbocycles. The van der Waals surface area contributed by atoms with Gasteiger partial charge in [0.15, 0.2) is 0 Å². The van der Waals surface area contributed by atoms with Gasteiger partial charge in [-0.05, 0) is 0 Å². The normalized spacial score (nSPS) is 10.5. The van der Waals surface area contributed by atoms with Crippen molar-refractivity contribution in [1.82, 2.24) is 19.6 Å². The van der Waals surface area contributed by atoms with E-state index in [1.807, 2.05) is 0 Å². The number of hydrogen-bond acceptors (Lipinski definition) is 3. The molecule has 0 saturated heterocycles. The van der Waals surface area contributed by atoms with E-state index in [-0.39, 0.29) is 5.65 Å². The zero-order valence-corrected chi connectivity index (χ0v) is 4.90. The van der Waals surface area contributed by atoms with E-state index in [0.717, 1.165) is 0 Å². The first-order chi connectivity index (χ1) is 4.88. The van der Waals surface area contributed by atoms with E-state index in [9.17, 15) is 4.39 Å². The summed E-state index contributed by atoms with van der Waals surface area (Å²) in [7, 11) is 0. The predicted molar refractivity (Wildman–Crippen MR) is 30.7 cm³/mol. The lowest BCUT2D eigenvalue weighted by Gasteiger charge is -1.88. The molecular formula is C5H3FN4. The first kappa shape index (κ1) is 5.28. The first-order valence-electron chi connectivity index (χ1n) is 2.68. The molecule has 0 fully saturated rings. The van der Waals surface area contributed by atoms with Crippen molar-refractivity contribution in [3.05, 3.63) is 24.7 Å². The molecule has 0 N–H and O–H groups in total. The fourth-order valence-electron chi connectivity index (χ4n) is 0.727. The number of hydrogen-bond donors (Lipinski definition) is 0. The van der Waals surface area contributed by atoms with Crippen molar-refractivity contribution in [2.45, 2.75) is 0 Å². The van der Waals surface area contributed by atoms with Gasteiger partial charge in [-0.25, -0.2) is 14.5 Å². The highest BCUT2D eigenvalue weighted by molar-refractivity contribution is 5.32. The van der Waals surface area contributed by atoms with Crippen molar-refractivity contribution in [3.63, 3.8) is 0 Å². The van der Waals surface area contributed by atoms with Gasteiger partial charge >= 0.3 is 0 Å². The topological polar surface area (TPSA) is 43.1 Å². The van der Waals surface area contributed by atoms with E-state index in [4.69, 9.17) is 0 Å². The summed E-state index contributed by atoms with van der Waals surface area (Å²) in [5, 5.41) is 3.71. The summed E-state index contributed by atoms with van der Waals surface area (Å²) < 4.78 is 13.9. The van der Waals surface area contributed by atoms with Crippen LogP contribution in [0.3, 0.4) is 0 Å². The molecule has 0 aliphatic heterocycles. The van der Waals surface area contributed by atoms with Gasteiger partial charge in [-0.15, -0.1) is 0 Å². The fourth-order valence-corrected chi connectivity index (χ4v) is 0.727. The molecule has 10 heavy (non-hydrogen) atoms. The Labute approximate surface area is 55.3 Å². The third-order valence-corrected chi connectivity index (χ3v) is 1.15. The Bertz CT molecular complexity index is 355. The SMILES string of the molecule is Fc1nccn2ncnc12. The van der Waals surface area contributed by atoms with Gasteiger partial charge in [-0.1, -0.05) is 0 Å². The van der Waals surface area contributed by atoms with Crippen LogP contribution >= 0.6 is 0 Å². The second kappa shape index (κ2) is 1.73. The van der Waals surface area contributed by atoms with Crippen LogP contribution in [0.5, 0.6) is 0 Å². The van der Waals surface area contributed by atoms with E-state index in [0.29, 0.717) is 0 Å². The van der Waals surface area contributed by atoms with Crippen molar-refractivity contribution in [3.8, 4) is 0 Å². The van der Waals surface area contributed by atoms with Gasteiger partial charge < -0.3 is 0 Å². The third-order valence-electron chi connectivity index (χ3n) is 1.15. The molecule has 0 amide bonds. The lowest BCUT2D eigenvalue weighted by Crippen LogP contribution is -1.91. The maximum atomic E-state index is 12.6. The Morgan fingerprint density at radius 2 is 2.30 bits per heavy atom. The Balaban J connectivity index is 2.95. The van der Waals surface area contributed by atoms with Gasteiger partial charge in [-0.3, -0.25) is 0 Å². The van der Waals surface area contributed by atoms with Gasteiger partial charge in [0.1, 0.15) is 6.33 Å². The molecule has 0 bridgehead atoms. The van der Waals surface area contributed by atoms with Crippen LogP contribution in [0.15, 0.2) is 18.7 Å². The molecule has 50 valence electrons. The minimum atomic E-state index is -0.597. The van der Waals surface area contributed by atoms with E-state index < -0.39 is 5.95 Å². The molecule has 5 heteroatoms. The fraction of sp³-hybridized carbons (Fsp3) is 0. The van der Waals surface area contributed by atoms with Crippen LogP contribution in [0.25, 0.3) is 5.65 Å². The maximum absolute atomic E-state index is 12.6. The minimum Gasteiger partial charge on any atom is -0.223 e. The summed E-state index contributed by atoms with van der Waals surface area (Å²) >= 11 is 0. The summed E-state index contributed by atoms with van der Waals surface area (Å²) in [6.07, 6.45) is 4.14. The summed E-state index contributed by atoms with van der Waals surface area (Å²) in [4.78, 5) is 7.02. The van der Waals surface area contributed by atoms with Crippen molar-refractivity contribution in [2.24, 2.45) is 0 Å². The van der Waals surface area contributed by atoms with Gasteiger partial charge in [0.25, 0.3) is 5.95 Å². The van der Waals surface area contributed by atoms with E-state index in [1.54, 1.807) is 0 Å². The van der Waals surface area contributed by atoms with E-state index >= 15 is 0 Å².